The molecular formula is C52H63N9O14. The number of likely N-dealkylation sites (N-methyl/N-ethyl adjacent to an activating group) is 1. The molecular weight excluding hydrogens is 975 g/mol. The highest BCUT2D eigenvalue weighted by atomic mass is 16.6. The van der Waals surface area contributed by atoms with E-state index in [1.165, 1.54) is 4.90 Å². The van der Waals surface area contributed by atoms with Crippen LogP contribution < -0.4 is 37.3 Å². The highest BCUT2D eigenvalue weighted by Gasteiger charge is 2.45. The second-order valence-electron chi connectivity index (χ2n) is 19.2. The van der Waals surface area contributed by atoms with Gasteiger partial charge < -0.3 is 65.8 Å². The Morgan fingerprint density at radius 3 is 2.41 bits per heavy atom. The molecule has 1 fully saturated rings. The van der Waals surface area contributed by atoms with Crippen molar-refractivity contribution < 1.29 is 62.8 Å². The molecule has 0 spiro atoms. The van der Waals surface area contributed by atoms with E-state index in [0.717, 1.165) is 16.5 Å². The third-order valence-electron chi connectivity index (χ3n) is 13.8. The Balaban J connectivity index is 0.935. The number of likely N-dealkylation sites (tertiary alicyclic amines) is 1. The number of aromatic nitrogens is 2. The molecule has 23 heteroatoms. The van der Waals surface area contributed by atoms with Gasteiger partial charge in [-0.25, -0.2) is 24.2 Å². The molecule has 0 unspecified atom stereocenters. The number of rotatable bonds is 20. The first-order valence-corrected chi connectivity index (χ1v) is 25.0. The van der Waals surface area contributed by atoms with Crippen molar-refractivity contribution in [1.82, 2.24) is 35.3 Å². The summed E-state index contributed by atoms with van der Waals surface area (Å²) in [5.74, 6) is -3.99. The number of benzene rings is 2. The number of hydrogen-bond donors (Lipinski definition) is 7. The van der Waals surface area contributed by atoms with Gasteiger partial charge in [0.25, 0.3) is 5.56 Å². The summed E-state index contributed by atoms with van der Waals surface area (Å²) in [6.45, 7) is 7.58. The van der Waals surface area contributed by atoms with Crippen molar-refractivity contribution in [3.05, 3.63) is 86.7 Å². The van der Waals surface area contributed by atoms with Crippen LogP contribution in [0.15, 0.2) is 53.3 Å². The van der Waals surface area contributed by atoms with Gasteiger partial charge in [-0.3, -0.25) is 24.0 Å². The first-order valence-electron chi connectivity index (χ1n) is 25.0. The number of carboxylic acid groups (broad SMARTS) is 1. The highest BCUT2D eigenvalue weighted by molar-refractivity contribution is 5.98. The third kappa shape index (κ3) is 12.3. The first-order chi connectivity index (χ1) is 35.7. The van der Waals surface area contributed by atoms with Crippen LogP contribution in [0.3, 0.4) is 0 Å². The zero-order valence-corrected chi connectivity index (χ0v) is 42.5. The van der Waals surface area contributed by atoms with Crippen molar-refractivity contribution in [3.8, 4) is 17.1 Å². The number of carbonyl (C=O) groups is 8. The van der Waals surface area contributed by atoms with Crippen LogP contribution in [0.4, 0.5) is 20.1 Å². The molecule has 7 amide bonds. The molecule has 4 aromatic rings. The first kappa shape index (κ1) is 54.7. The Hall–Kier alpha value is -8.08. The molecule has 0 saturated carbocycles. The number of anilines is 1. The predicted octanol–water partition coefficient (Wildman–Crippen LogP) is 3.75. The van der Waals surface area contributed by atoms with E-state index in [4.69, 9.17) is 30.0 Å². The zero-order valence-electron chi connectivity index (χ0n) is 42.5. The number of urea groups is 1. The van der Waals surface area contributed by atoms with E-state index in [2.05, 4.69) is 21.3 Å². The molecule has 0 aliphatic carbocycles. The van der Waals surface area contributed by atoms with Gasteiger partial charge in [-0.1, -0.05) is 39.8 Å². The number of esters is 1. The van der Waals surface area contributed by atoms with E-state index in [1.54, 1.807) is 85.8 Å². The van der Waals surface area contributed by atoms with Crippen LogP contribution in [0.1, 0.15) is 100 Å². The molecule has 5 heterocycles. The van der Waals surface area contributed by atoms with Crippen molar-refractivity contribution >= 4 is 64.5 Å². The lowest BCUT2D eigenvalue weighted by Crippen LogP contribution is -2.54. The molecule has 7 rings (SSSR count). The summed E-state index contributed by atoms with van der Waals surface area (Å²) in [6, 6.07) is 9.97. The molecule has 400 valence electrons. The number of ether oxygens (including phenoxy) is 3. The molecule has 23 nitrogen and oxygen atoms in total. The second-order valence-corrected chi connectivity index (χ2v) is 19.2. The summed E-state index contributed by atoms with van der Waals surface area (Å²) in [5, 5.41) is 31.3. The van der Waals surface area contributed by atoms with Gasteiger partial charge >= 0.3 is 30.2 Å². The quantitative estimate of drug-likeness (QED) is 0.0431. The molecule has 1 saturated heterocycles. The molecule has 8 N–H and O–H groups in total. The highest BCUT2D eigenvalue weighted by Crippen LogP contribution is 2.41. The zero-order chi connectivity index (χ0) is 54.3. The number of nitrogens with two attached hydrogens (primary N) is 1. The number of nitrogens with one attached hydrogen (secondary N) is 4. The molecule has 3 aliphatic heterocycles. The lowest BCUT2D eigenvalue weighted by molar-refractivity contribution is -0.172. The lowest BCUT2D eigenvalue weighted by atomic mass is 9.86. The van der Waals surface area contributed by atoms with E-state index >= 15 is 0 Å². The number of hydrogen-bond acceptors (Lipinski definition) is 14. The van der Waals surface area contributed by atoms with Crippen molar-refractivity contribution in [2.75, 3.05) is 32.0 Å². The monoisotopic (exact) mass is 1040 g/mol. The summed E-state index contributed by atoms with van der Waals surface area (Å²) in [6.07, 6.45) is 0.264. The van der Waals surface area contributed by atoms with E-state index in [-0.39, 0.29) is 87.0 Å². The van der Waals surface area contributed by atoms with Gasteiger partial charge in [0.15, 0.2) is 5.60 Å². The van der Waals surface area contributed by atoms with Crippen molar-refractivity contribution in [3.63, 3.8) is 0 Å². The Morgan fingerprint density at radius 2 is 1.73 bits per heavy atom. The number of aryl methyl sites for hydroxylation is 1. The number of fused-ring (bicyclic) bond motifs is 5. The van der Waals surface area contributed by atoms with Crippen molar-refractivity contribution in [2.45, 2.75) is 123 Å². The number of amides is 7. The van der Waals surface area contributed by atoms with Gasteiger partial charge in [-0.05, 0) is 92.0 Å². The Kier molecular flexibility index (Phi) is 17.1. The molecule has 2 aromatic heterocycles. The van der Waals surface area contributed by atoms with Crippen molar-refractivity contribution in [2.24, 2.45) is 11.7 Å². The maximum atomic E-state index is 13.8. The maximum Gasteiger partial charge on any atom is 0.415 e. The Morgan fingerprint density at radius 1 is 0.987 bits per heavy atom. The van der Waals surface area contributed by atoms with Gasteiger partial charge in [0.1, 0.15) is 31.0 Å². The van der Waals surface area contributed by atoms with Gasteiger partial charge in [0, 0.05) is 55.3 Å². The van der Waals surface area contributed by atoms with Crippen LogP contribution >= 0.6 is 0 Å². The molecule has 2 aromatic carbocycles. The lowest BCUT2D eigenvalue weighted by Gasteiger charge is -2.31. The van der Waals surface area contributed by atoms with Gasteiger partial charge in [0.2, 0.25) is 17.7 Å². The summed E-state index contributed by atoms with van der Waals surface area (Å²) in [5.41, 5.74) is 7.66. The van der Waals surface area contributed by atoms with Crippen LogP contribution in [0.25, 0.3) is 22.3 Å². The smallest absolute Gasteiger partial charge is 0.415 e. The van der Waals surface area contributed by atoms with Gasteiger partial charge in [0.05, 0.1) is 41.5 Å². The van der Waals surface area contributed by atoms with Gasteiger partial charge in [-0.2, -0.15) is 0 Å². The topological polar surface area (TPSA) is 320 Å². The fourth-order valence-electron chi connectivity index (χ4n) is 9.63. The van der Waals surface area contributed by atoms with E-state index in [0.29, 0.717) is 54.0 Å². The van der Waals surface area contributed by atoms with Crippen LogP contribution in [0, 0.1) is 5.92 Å². The number of cyclic esters (lactones) is 1. The average molecular weight is 1040 g/mol. The van der Waals surface area contributed by atoms with E-state index < -0.39 is 77.9 Å². The Bertz CT molecular complexity index is 2960. The number of aliphatic carboxylic acids is 1. The minimum Gasteiger partial charge on any atom is -0.481 e. The third-order valence-corrected chi connectivity index (χ3v) is 13.8. The predicted molar refractivity (Wildman–Crippen MR) is 270 cm³/mol. The number of carbonyl (C=O) groups excluding carboxylic acids is 7. The number of aliphatic hydroxyl groups is 1. The normalized spacial score (nSPS) is 17.2. The molecule has 4 atom stereocenters. The summed E-state index contributed by atoms with van der Waals surface area (Å²) in [7, 11) is 1.58. The molecule has 0 radical (unpaired) electrons. The van der Waals surface area contributed by atoms with E-state index in [1.807, 2.05) is 6.92 Å². The molecule has 0 bridgehead atoms. The standard InChI is InChI=1S/C52H63N9O14/c1-6-33-34-22-32(16-17-38(34)56-44-35(33)25-61-40(44)23-37-36(47(61)67)27-73-48(68)52(37,72)7-2)75-50(70)59(5)24-31-10-9-21-60(31)51(71)74-26-29-12-14-30(15-13-29)55-45(65)39(11-8-20-54-49(53)69)57-46(66)43(28(3)4)58-41(62)18-19-42(63)64/h12-17,22-23,28,31,39,43,72H,6-11,18-21,24-27H2,1-5H3,(H,55,65)(H,57,66)(H,58,62)(H,63,64)(H3,53,54,69)/t31-,39-,43-,52-/m0/s1. The molecule has 75 heavy (non-hydrogen) atoms. The van der Waals surface area contributed by atoms with Crippen LogP contribution in [0.2, 0.25) is 0 Å². The Labute approximate surface area is 431 Å². The average Bonchev–Trinajstić information content (AvgIpc) is 4.01. The van der Waals surface area contributed by atoms with E-state index in [9.17, 15) is 48.3 Å². The van der Waals surface area contributed by atoms with Gasteiger partial charge in [-0.15, -0.1) is 0 Å². The summed E-state index contributed by atoms with van der Waals surface area (Å²) in [4.78, 5) is 123. The molecule has 3 aliphatic rings. The number of nitrogens with zero attached hydrogens (tertiary/aromatic N) is 4. The number of carboxylic acids is 1. The number of primary amides is 1. The fourth-order valence-corrected chi connectivity index (χ4v) is 9.63. The minimum atomic E-state index is -1.95. The number of pyridine rings is 2. The minimum absolute atomic E-state index is 0.0269. The van der Waals surface area contributed by atoms with Crippen molar-refractivity contribution in [1.29, 1.82) is 0 Å². The van der Waals surface area contributed by atoms with Crippen LogP contribution in [-0.4, -0.2) is 122 Å². The second kappa shape index (κ2) is 23.4. The maximum absolute atomic E-state index is 13.8. The van der Waals surface area contributed by atoms with Crippen LogP contribution in [-0.2, 0) is 65.2 Å². The summed E-state index contributed by atoms with van der Waals surface area (Å²) < 4.78 is 18.3. The fraction of sp³-hybridized carbons (Fsp3) is 0.462. The summed E-state index contributed by atoms with van der Waals surface area (Å²) >= 11 is 0. The SMILES string of the molecule is CCc1c2c(nc3ccc(OC(=O)N(C)C[C@@H]4CCCN4C(=O)OCc4ccc(NC(=O)[C@H](CCCNC(N)=O)NC(=O)[C@@H](NC(=O)CCC(=O)O)C(C)C)cc4)cc13)-c1cc3c(c(=O)n1C2)COC(=O)[C@]3(O)CC. The largest absolute Gasteiger partial charge is 0.481 e. The van der Waals surface area contributed by atoms with Crippen LogP contribution in [0.5, 0.6) is 5.75 Å².